The molecular weight excluding hydrogens is 204 g/mol. The van der Waals surface area contributed by atoms with Gasteiger partial charge in [-0.15, -0.1) is 0 Å². The molecule has 1 heterocycles. The Morgan fingerprint density at radius 1 is 1.50 bits per heavy atom. The molecule has 1 aromatic heterocycles. The molecule has 88 valence electrons. The maximum Gasteiger partial charge on any atom is 0.239 e. The van der Waals surface area contributed by atoms with Crippen LogP contribution >= 0.6 is 0 Å². The zero-order chi connectivity index (χ0) is 12.0. The number of carbonyl (C=O) groups excluding carboxylic acids is 1. The van der Waals surface area contributed by atoms with Crippen LogP contribution in [0.15, 0.2) is 18.2 Å². The van der Waals surface area contributed by atoms with Crippen molar-refractivity contribution in [2.24, 2.45) is 0 Å². The van der Waals surface area contributed by atoms with Gasteiger partial charge in [0, 0.05) is 13.1 Å². The predicted molar refractivity (Wildman–Crippen MR) is 65.2 cm³/mol. The van der Waals surface area contributed by atoms with Gasteiger partial charge in [0.15, 0.2) is 0 Å². The maximum atomic E-state index is 11.5. The molecule has 0 atom stereocenters. The summed E-state index contributed by atoms with van der Waals surface area (Å²) in [6.07, 6.45) is 0. The van der Waals surface area contributed by atoms with E-state index < -0.39 is 0 Å². The summed E-state index contributed by atoms with van der Waals surface area (Å²) in [6, 6.07) is 5.40. The first-order valence-corrected chi connectivity index (χ1v) is 5.41. The van der Waals surface area contributed by atoms with Crippen molar-refractivity contribution in [2.45, 2.75) is 13.8 Å². The number of nitrogens with zero attached hydrogens (tertiary/aromatic N) is 2. The monoisotopic (exact) mass is 222 g/mol. The van der Waals surface area contributed by atoms with E-state index in [1.807, 2.05) is 30.9 Å². The lowest BCUT2D eigenvalue weighted by Gasteiger charge is -2.21. The predicted octanol–water partition coefficient (Wildman–Crippen LogP) is 0.626. The summed E-state index contributed by atoms with van der Waals surface area (Å²) in [5.41, 5.74) is 5.60. The van der Waals surface area contributed by atoms with Gasteiger partial charge in [0.1, 0.15) is 11.6 Å². The number of nitrogens with two attached hydrogens (primary N) is 1. The summed E-state index contributed by atoms with van der Waals surface area (Å²) in [7, 11) is 0. The molecule has 0 aliphatic rings. The van der Waals surface area contributed by atoms with E-state index in [-0.39, 0.29) is 5.91 Å². The second-order valence-electron chi connectivity index (χ2n) is 3.39. The van der Waals surface area contributed by atoms with Crippen molar-refractivity contribution in [3.05, 3.63) is 18.2 Å². The lowest BCUT2D eigenvalue weighted by Crippen LogP contribution is -2.37. The number of amides is 1. The first-order chi connectivity index (χ1) is 7.67. The van der Waals surface area contributed by atoms with E-state index in [4.69, 9.17) is 5.73 Å². The Bertz CT molecular complexity index is 354. The molecule has 5 heteroatoms. The van der Waals surface area contributed by atoms with Gasteiger partial charge in [-0.3, -0.25) is 4.79 Å². The van der Waals surface area contributed by atoms with Crippen LogP contribution < -0.4 is 16.0 Å². The third kappa shape index (κ3) is 3.42. The number of rotatable bonds is 5. The van der Waals surface area contributed by atoms with Crippen molar-refractivity contribution in [3.8, 4) is 0 Å². The summed E-state index contributed by atoms with van der Waals surface area (Å²) >= 11 is 0. The van der Waals surface area contributed by atoms with E-state index in [0.29, 0.717) is 25.5 Å². The molecule has 0 aliphatic carbocycles. The van der Waals surface area contributed by atoms with E-state index in [2.05, 4.69) is 10.3 Å². The summed E-state index contributed by atoms with van der Waals surface area (Å²) in [6.45, 7) is 5.53. The minimum absolute atomic E-state index is 0.00595. The molecule has 0 saturated heterocycles. The molecule has 1 rings (SSSR count). The summed E-state index contributed by atoms with van der Waals surface area (Å²) in [5, 5.41) is 2.76. The van der Waals surface area contributed by atoms with Gasteiger partial charge in [-0.05, 0) is 26.0 Å². The Morgan fingerprint density at radius 3 is 2.81 bits per heavy atom. The normalized spacial score (nSPS) is 9.88. The molecule has 16 heavy (non-hydrogen) atoms. The van der Waals surface area contributed by atoms with Gasteiger partial charge < -0.3 is 16.0 Å². The third-order valence-corrected chi connectivity index (χ3v) is 2.17. The first-order valence-electron chi connectivity index (χ1n) is 5.41. The molecule has 3 N–H and O–H groups in total. The Morgan fingerprint density at radius 2 is 2.25 bits per heavy atom. The van der Waals surface area contributed by atoms with Crippen molar-refractivity contribution in [1.82, 2.24) is 10.3 Å². The smallest absolute Gasteiger partial charge is 0.239 e. The number of likely N-dealkylation sites (N-methyl/N-ethyl adjacent to an activating group) is 2. The van der Waals surface area contributed by atoms with Crippen LogP contribution in [0.4, 0.5) is 11.6 Å². The van der Waals surface area contributed by atoms with Gasteiger partial charge in [-0.25, -0.2) is 4.98 Å². The lowest BCUT2D eigenvalue weighted by atomic mass is 10.4. The van der Waals surface area contributed by atoms with Crippen LogP contribution in [0.5, 0.6) is 0 Å². The maximum absolute atomic E-state index is 11.5. The highest BCUT2D eigenvalue weighted by atomic mass is 16.2. The van der Waals surface area contributed by atoms with Crippen LogP contribution in [-0.4, -0.2) is 30.5 Å². The second-order valence-corrected chi connectivity index (χ2v) is 3.39. The van der Waals surface area contributed by atoms with Crippen molar-refractivity contribution in [2.75, 3.05) is 30.3 Å². The number of hydrogen-bond donors (Lipinski definition) is 2. The quantitative estimate of drug-likeness (QED) is 0.766. The average molecular weight is 222 g/mol. The topological polar surface area (TPSA) is 71.2 Å². The standard InChI is InChI=1S/C11H18N4O/c1-3-13-11(16)8-15(4-2)10-7-5-6-9(12)14-10/h5-7H,3-4,8H2,1-2H3,(H2,12,14)(H,13,16). The van der Waals surface area contributed by atoms with Crippen LogP contribution in [-0.2, 0) is 4.79 Å². The lowest BCUT2D eigenvalue weighted by molar-refractivity contribution is -0.119. The van der Waals surface area contributed by atoms with E-state index in [0.717, 1.165) is 5.82 Å². The fourth-order valence-electron chi connectivity index (χ4n) is 1.40. The van der Waals surface area contributed by atoms with Crippen molar-refractivity contribution >= 4 is 17.5 Å². The molecule has 0 unspecified atom stereocenters. The number of pyridine rings is 1. The van der Waals surface area contributed by atoms with E-state index >= 15 is 0 Å². The van der Waals surface area contributed by atoms with Crippen LogP contribution in [0.25, 0.3) is 0 Å². The Labute approximate surface area is 95.7 Å². The van der Waals surface area contributed by atoms with Gasteiger partial charge in [-0.1, -0.05) is 6.07 Å². The van der Waals surface area contributed by atoms with Crippen molar-refractivity contribution in [1.29, 1.82) is 0 Å². The van der Waals surface area contributed by atoms with Crippen molar-refractivity contribution in [3.63, 3.8) is 0 Å². The van der Waals surface area contributed by atoms with Crippen molar-refractivity contribution < 1.29 is 4.79 Å². The zero-order valence-electron chi connectivity index (χ0n) is 9.73. The van der Waals surface area contributed by atoms with Crippen LogP contribution in [0, 0.1) is 0 Å². The SMILES string of the molecule is CCNC(=O)CN(CC)c1cccc(N)n1. The van der Waals surface area contributed by atoms with Gasteiger partial charge in [0.2, 0.25) is 5.91 Å². The summed E-state index contributed by atoms with van der Waals surface area (Å²) in [5.74, 6) is 1.19. The molecule has 0 aromatic carbocycles. The molecule has 0 saturated carbocycles. The Hall–Kier alpha value is -1.78. The number of carbonyl (C=O) groups is 1. The highest BCUT2D eigenvalue weighted by molar-refractivity contribution is 5.80. The number of nitrogen functional groups attached to an aromatic ring is 1. The van der Waals surface area contributed by atoms with E-state index in [1.54, 1.807) is 6.07 Å². The molecule has 0 fully saturated rings. The summed E-state index contributed by atoms with van der Waals surface area (Å²) < 4.78 is 0. The van der Waals surface area contributed by atoms with Gasteiger partial charge in [-0.2, -0.15) is 0 Å². The molecule has 1 aromatic rings. The number of nitrogens with one attached hydrogen (secondary N) is 1. The van der Waals surface area contributed by atoms with E-state index in [9.17, 15) is 4.79 Å². The molecule has 0 aliphatic heterocycles. The summed E-state index contributed by atoms with van der Waals surface area (Å²) in [4.78, 5) is 17.5. The molecule has 0 bridgehead atoms. The molecule has 0 radical (unpaired) electrons. The molecular formula is C11H18N4O. The largest absolute Gasteiger partial charge is 0.384 e. The van der Waals surface area contributed by atoms with Crippen LogP contribution in [0.2, 0.25) is 0 Å². The Balaban J connectivity index is 2.70. The average Bonchev–Trinajstić information content (AvgIpc) is 2.26. The number of anilines is 2. The fourth-order valence-corrected chi connectivity index (χ4v) is 1.40. The minimum Gasteiger partial charge on any atom is -0.384 e. The molecule has 1 amide bonds. The molecule has 0 spiro atoms. The van der Waals surface area contributed by atoms with Gasteiger partial charge in [0.05, 0.1) is 6.54 Å². The van der Waals surface area contributed by atoms with Gasteiger partial charge in [0.25, 0.3) is 0 Å². The van der Waals surface area contributed by atoms with Crippen LogP contribution in [0.3, 0.4) is 0 Å². The zero-order valence-corrected chi connectivity index (χ0v) is 9.73. The highest BCUT2D eigenvalue weighted by Crippen LogP contribution is 2.11. The van der Waals surface area contributed by atoms with Crippen LogP contribution in [0.1, 0.15) is 13.8 Å². The molecule has 5 nitrogen and oxygen atoms in total. The number of hydrogen-bond acceptors (Lipinski definition) is 4. The Kier molecular flexibility index (Phi) is 4.57. The first kappa shape index (κ1) is 12.3. The third-order valence-electron chi connectivity index (χ3n) is 2.17. The minimum atomic E-state index is -0.00595. The highest BCUT2D eigenvalue weighted by Gasteiger charge is 2.10. The van der Waals surface area contributed by atoms with Gasteiger partial charge >= 0.3 is 0 Å². The van der Waals surface area contributed by atoms with E-state index in [1.165, 1.54) is 0 Å². The fraction of sp³-hybridized carbons (Fsp3) is 0.455. The number of aromatic nitrogens is 1. The second kappa shape index (κ2) is 5.95.